The fourth-order valence-electron chi connectivity index (χ4n) is 3.29. The van der Waals surface area contributed by atoms with E-state index in [-0.39, 0.29) is 11.7 Å². The molecule has 0 aromatic carbocycles. The number of nitrogens with zero attached hydrogens (tertiary/aromatic N) is 3. The summed E-state index contributed by atoms with van der Waals surface area (Å²) in [5, 5.41) is 1.01. The first-order chi connectivity index (χ1) is 10.4. The Bertz CT molecular complexity index is 753. The molecule has 2 aromatic rings. The quantitative estimate of drug-likeness (QED) is 0.864. The van der Waals surface area contributed by atoms with E-state index in [0.29, 0.717) is 6.04 Å². The van der Waals surface area contributed by atoms with Crippen LogP contribution in [0.4, 0.5) is 5.82 Å². The van der Waals surface area contributed by atoms with Gasteiger partial charge in [-0.2, -0.15) is 0 Å². The molecule has 3 rings (SSSR count). The Balaban J connectivity index is 1.70. The molecule has 1 saturated carbocycles. The maximum Gasteiger partial charge on any atom is 0.232 e. The molecule has 0 radical (unpaired) electrons. The lowest BCUT2D eigenvalue weighted by Crippen LogP contribution is -2.36. The van der Waals surface area contributed by atoms with E-state index in [9.17, 15) is 8.42 Å². The summed E-state index contributed by atoms with van der Waals surface area (Å²) in [6, 6.07) is 2.34. The van der Waals surface area contributed by atoms with E-state index in [2.05, 4.69) is 19.9 Å². The molecule has 1 aliphatic carbocycles. The highest BCUT2D eigenvalue weighted by Gasteiger charge is 2.28. The smallest absolute Gasteiger partial charge is 0.232 e. The first-order valence-electron chi connectivity index (χ1n) is 7.37. The minimum atomic E-state index is -3.40. The second kappa shape index (κ2) is 6.04. The van der Waals surface area contributed by atoms with Crippen molar-refractivity contribution in [2.75, 3.05) is 17.7 Å². The van der Waals surface area contributed by atoms with Gasteiger partial charge in [0.2, 0.25) is 9.05 Å². The Morgan fingerprint density at radius 1 is 1.32 bits per heavy atom. The molecule has 6 nitrogen and oxygen atoms in total. The number of aromatic amines is 1. The zero-order valence-corrected chi connectivity index (χ0v) is 13.9. The van der Waals surface area contributed by atoms with Crippen molar-refractivity contribution in [2.45, 2.75) is 31.7 Å². The summed E-state index contributed by atoms with van der Waals surface area (Å²) in [4.78, 5) is 13.9. The molecular weight excluding hydrogens is 324 g/mol. The fourth-order valence-corrected chi connectivity index (χ4v) is 4.72. The molecule has 120 valence electrons. The van der Waals surface area contributed by atoms with Crippen LogP contribution < -0.4 is 4.90 Å². The normalized spacial score (nSPS) is 22.8. The Kier molecular flexibility index (Phi) is 4.27. The van der Waals surface area contributed by atoms with E-state index in [1.807, 2.05) is 19.3 Å². The molecule has 1 N–H and O–H groups in total. The topological polar surface area (TPSA) is 79.0 Å². The lowest BCUT2D eigenvalue weighted by atomic mass is 9.86. The number of aromatic nitrogens is 3. The van der Waals surface area contributed by atoms with Gasteiger partial charge < -0.3 is 9.88 Å². The number of rotatable bonds is 4. The number of anilines is 1. The number of halogens is 1. The van der Waals surface area contributed by atoms with Crippen molar-refractivity contribution in [3.63, 3.8) is 0 Å². The minimum Gasteiger partial charge on any atom is -0.356 e. The average Bonchev–Trinajstić information content (AvgIpc) is 2.94. The lowest BCUT2D eigenvalue weighted by Gasteiger charge is -2.35. The summed E-state index contributed by atoms with van der Waals surface area (Å²) >= 11 is 0. The Labute approximate surface area is 134 Å². The van der Waals surface area contributed by atoms with Crippen molar-refractivity contribution < 1.29 is 8.42 Å². The van der Waals surface area contributed by atoms with E-state index in [1.165, 1.54) is 0 Å². The predicted molar refractivity (Wildman–Crippen MR) is 87.7 cm³/mol. The molecule has 0 atom stereocenters. The monoisotopic (exact) mass is 342 g/mol. The number of hydrogen-bond donors (Lipinski definition) is 1. The van der Waals surface area contributed by atoms with Crippen LogP contribution in [0.2, 0.25) is 0 Å². The van der Waals surface area contributed by atoms with Gasteiger partial charge in [-0.05, 0) is 37.7 Å². The number of hydrogen-bond acceptors (Lipinski definition) is 5. The van der Waals surface area contributed by atoms with Crippen molar-refractivity contribution in [1.82, 2.24) is 15.0 Å². The van der Waals surface area contributed by atoms with Gasteiger partial charge in [0.1, 0.15) is 17.8 Å². The number of fused-ring (bicyclic) bond motifs is 1. The predicted octanol–water partition coefficient (Wildman–Crippen LogP) is 2.52. The van der Waals surface area contributed by atoms with Crippen molar-refractivity contribution in [3.05, 3.63) is 18.6 Å². The van der Waals surface area contributed by atoms with Crippen LogP contribution in [0.25, 0.3) is 11.0 Å². The lowest BCUT2D eigenvalue weighted by molar-refractivity contribution is 0.341. The highest BCUT2D eigenvalue weighted by molar-refractivity contribution is 8.13. The summed E-state index contributed by atoms with van der Waals surface area (Å²) in [5.74, 6) is 1.17. The standard InChI is InChI=1S/C14H19ClN4O2S/c1-19(14-12-6-7-16-13(12)17-9-18-14)11-4-2-10(3-5-11)8-22(15,20)21/h6-7,9-11H,2-5,8H2,1H3,(H,16,17,18)/t10-,11-. The number of H-pyrrole nitrogens is 1. The molecule has 1 aliphatic rings. The van der Waals surface area contributed by atoms with Gasteiger partial charge >= 0.3 is 0 Å². The van der Waals surface area contributed by atoms with Crippen molar-refractivity contribution >= 4 is 36.6 Å². The minimum absolute atomic E-state index is 0.0839. The van der Waals surface area contributed by atoms with E-state index in [1.54, 1.807) is 6.33 Å². The summed E-state index contributed by atoms with van der Waals surface area (Å²) in [6.45, 7) is 0. The second-order valence-electron chi connectivity index (χ2n) is 5.93. The van der Waals surface area contributed by atoms with Gasteiger partial charge in [0.15, 0.2) is 0 Å². The molecule has 2 aromatic heterocycles. The van der Waals surface area contributed by atoms with Gasteiger partial charge in [0.05, 0.1) is 11.1 Å². The summed E-state index contributed by atoms with van der Waals surface area (Å²) in [7, 11) is 3.99. The van der Waals surface area contributed by atoms with E-state index < -0.39 is 9.05 Å². The zero-order chi connectivity index (χ0) is 15.7. The second-order valence-corrected chi connectivity index (χ2v) is 8.75. The van der Waals surface area contributed by atoms with Crippen LogP contribution in [0.5, 0.6) is 0 Å². The Hall–Kier alpha value is -1.34. The van der Waals surface area contributed by atoms with Crippen LogP contribution in [0.3, 0.4) is 0 Å². The molecule has 8 heteroatoms. The van der Waals surface area contributed by atoms with Gasteiger partial charge in [-0.3, -0.25) is 0 Å². The first-order valence-corrected chi connectivity index (χ1v) is 9.85. The molecule has 0 saturated heterocycles. The largest absolute Gasteiger partial charge is 0.356 e. The zero-order valence-electron chi connectivity index (χ0n) is 12.4. The fraction of sp³-hybridized carbons (Fsp3) is 0.571. The van der Waals surface area contributed by atoms with Gasteiger partial charge in [0, 0.05) is 30.0 Å². The highest BCUT2D eigenvalue weighted by atomic mass is 35.7. The van der Waals surface area contributed by atoms with Gasteiger partial charge in [0.25, 0.3) is 0 Å². The van der Waals surface area contributed by atoms with Gasteiger partial charge in [-0.15, -0.1) is 0 Å². The average molecular weight is 343 g/mol. The van der Waals surface area contributed by atoms with Crippen LogP contribution in [0.15, 0.2) is 18.6 Å². The molecule has 1 fully saturated rings. The third kappa shape index (κ3) is 3.35. The first kappa shape index (κ1) is 15.6. The Morgan fingerprint density at radius 3 is 2.73 bits per heavy atom. The van der Waals surface area contributed by atoms with E-state index in [0.717, 1.165) is 42.5 Å². The summed E-state index contributed by atoms with van der Waals surface area (Å²) in [5.41, 5.74) is 0.832. The van der Waals surface area contributed by atoms with E-state index in [4.69, 9.17) is 10.7 Å². The van der Waals surface area contributed by atoms with Crippen LogP contribution in [-0.4, -0.2) is 42.2 Å². The molecule has 0 aliphatic heterocycles. The van der Waals surface area contributed by atoms with Crippen LogP contribution in [-0.2, 0) is 9.05 Å². The molecule has 2 heterocycles. The third-order valence-corrected chi connectivity index (χ3v) is 5.71. The molecule has 0 bridgehead atoms. The van der Waals surface area contributed by atoms with Crippen molar-refractivity contribution in [3.8, 4) is 0 Å². The van der Waals surface area contributed by atoms with Gasteiger partial charge in [-0.25, -0.2) is 18.4 Å². The Morgan fingerprint density at radius 2 is 2.05 bits per heavy atom. The summed E-state index contributed by atoms with van der Waals surface area (Å²) < 4.78 is 22.4. The molecule has 0 amide bonds. The maximum absolute atomic E-state index is 11.2. The van der Waals surface area contributed by atoms with Crippen LogP contribution >= 0.6 is 10.7 Å². The maximum atomic E-state index is 11.2. The van der Waals surface area contributed by atoms with Crippen LogP contribution in [0.1, 0.15) is 25.7 Å². The highest BCUT2D eigenvalue weighted by Crippen LogP contribution is 2.32. The van der Waals surface area contributed by atoms with Crippen molar-refractivity contribution in [1.29, 1.82) is 0 Å². The van der Waals surface area contributed by atoms with Gasteiger partial charge in [-0.1, -0.05) is 0 Å². The molecule has 0 unspecified atom stereocenters. The third-order valence-electron chi connectivity index (χ3n) is 4.47. The van der Waals surface area contributed by atoms with Crippen LogP contribution in [0, 0.1) is 5.92 Å². The SMILES string of the molecule is CN(c1ncnc2[nH]ccc12)[C@H]1CC[C@H](CS(=O)(=O)Cl)CC1. The summed E-state index contributed by atoms with van der Waals surface area (Å²) in [6.07, 6.45) is 7.08. The molecule has 22 heavy (non-hydrogen) atoms. The van der Waals surface area contributed by atoms with E-state index >= 15 is 0 Å². The molecular formula is C14H19ClN4O2S. The van der Waals surface area contributed by atoms with Crippen molar-refractivity contribution in [2.24, 2.45) is 5.92 Å². The molecule has 0 spiro atoms. The number of nitrogens with one attached hydrogen (secondary N) is 1.